The number of primary amides is 1. The third-order valence-corrected chi connectivity index (χ3v) is 5.59. The normalized spacial score (nSPS) is 18.4. The molecule has 5 nitrogen and oxygen atoms in total. The molecule has 0 aliphatic carbocycles. The van der Waals surface area contributed by atoms with Gasteiger partial charge in [0.2, 0.25) is 15.9 Å². The second-order valence-corrected chi connectivity index (χ2v) is 7.39. The van der Waals surface area contributed by atoms with Crippen LogP contribution in [0.1, 0.15) is 22.7 Å². The molecule has 6 heteroatoms. The lowest BCUT2D eigenvalue weighted by atomic mass is 9.94. The molecule has 2 aromatic rings. The van der Waals surface area contributed by atoms with E-state index in [0.717, 1.165) is 16.5 Å². The lowest BCUT2D eigenvalue weighted by molar-refractivity contribution is -0.122. The van der Waals surface area contributed by atoms with E-state index in [4.69, 9.17) is 5.73 Å². The molecule has 1 atom stereocenters. The first-order valence-electron chi connectivity index (χ1n) is 7.61. The summed E-state index contributed by atoms with van der Waals surface area (Å²) < 4.78 is 26.6. The molecule has 3 rings (SSSR count). The highest BCUT2D eigenvalue weighted by molar-refractivity contribution is 7.92. The summed E-state index contributed by atoms with van der Waals surface area (Å²) >= 11 is 0. The molecule has 0 radical (unpaired) electrons. The Hall–Kier alpha value is -2.44. The fraction of sp³-hybridized carbons (Fsp3) is 0.167. The lowest BCUT2D eigenvalue weighted by Crippen LogP contribution is -2.44. The fourth-order valence-electron chi connectivity index (χ4n) is 2.92. The Morgan fingerprint density at radius 1 is 1.08 bits per heavy atom. The Kier molecular flexibility index (Phi) is 4.51. The van der Waals surface area contributed by atoms with E-state index >= 15 is 0 Å². The van der Waals surface area contributed by atoms with Crippen molar-refractivity contribution < 1.29 is 13.2 Å². The van der Waals surface area contributed by atoms with Gasteiger partial charge in [-0.3, -0.25) is 4.79 Å². The van der Waals surface area contributed by atoms with E-state index in [9.17, 15) is 13.2 Å². The van der Waals surface area contributed by atoms with Gasteiger partial charge in [-0.25, -0.2) is 8.42 Å². The van der Waals surface area contributed by atoms with E-state index in [1.165, 1.54) is 10.4 Å². The monoisotopic (exact) mass is 342 g/mol. The van der Waals surface area contributed by atoms with Crippen molar-refractivity contribution >= 4 is 22.0 Å². The third kappa shape index (κ3) is 3.25. The molecule has 0 aromatic heterocycles. The van der Waals surface area contributed by atoms with E-state index in [-0.39, 0.29) is 6.54 Å². The van der Waals surface area contributed by atoms with Gasteiger partial charge in [-0.1, -0.05) is 54.6 Å². The summed E-state index contributed by atoms with van der Waals surface area (Å²) in [4.78, 5) is 11.9. The molecule has 2 N–H and O–H groups in total. The molecule has 1 unspecified atom stereocenters. The molecule has 0 saturated heterocycles. The van der Waals surface area contributed by atoms with Crippen molar-refractivity contribution in [3.8, 4) is 0 Å². The summed E-state index contributed by atoms with van der Waals surface area (Å²) in [6.07, 6.45) is 2.08. The van der Waals surface area contributed by atoms with Crippen LogP contribution in [0, 0.1) is 0 Å². The maximum absolute atomic E-state index is 12.7. The van der Waals surface area contributed by atoms with Crippen molar-refractivity contribution in [2.45, 2.75) is 12.5 Å². The zero-order chi connectivity index (χ0) is 17.2. The van der Waals surface area contributed by atoms with Crippen LogP contribution in [0.2, 0.25) is 0 Å². The second-order valence-electron chi connectivity index (χ2n) is 5.62. The predicted octanol–water partition coefficient (Wildman–Crippen LogP) is 2.07. The van der Waals surface area contributed by atoms with Crippen LogP contribution in [0.15, 0.2) is 60.0 Å². The van der Waals surface area contributed by atoms with Crippen LogP contribution in [0.5, 0.6) is 0 Å². The number of fused-ring (bicyclic) bond motifs is 1. The molecule has 0 fully saturated rings. The third-order valence-electron chi connectivity index (χ3n) is 4.07. The molecule has 0 bridgehead atoms. The first-order chi connectivity index (χ1) is 11.5. The molecular formula is C18H18N2O3S. The molecule has 1 amide bonds. The highest BCUT2D eigenvalue weighted by atomic mass is 32.2. The zero-order valence-electron chi connectivity index (χ0n) is 13.0. The minimum absolute atomic E-state index is 0.228. The van der Waals surface area contributed by atoms with E-state index in [1.807, 2.05) is 42.5 Å². The smallest absolute Gasteiger partial charge is 0.240 e. The number of nitrogens with two attached hydrogens (primary N) is 1. The van der Waals surface area contributed by atoms with Gasteiger partial charge in [-0.2, -0.15) is 4.31 Å². The van der Waals surface area contributed by atoms with E-state index in [1.54, 1.807) is 12.1 Å². The van der Waals surface area contributed by atoms with Gasteiger partial charge >= 0.3 is 0 Å². The number of hydrogen-bond acceptors (Lipinski definition) is 3. The van der Waals surface area contributed by atoms with Crippen molar-refractivity contribution in [1.82, 2.24) is 4.31 Å². The van der Waals surface area contributed by atoms with Crippen molar-refractivity contribution in [2.75, 3.05) is 6.54 Å². The van der Waals surface area contributed by atoms with Gasteiger partial charge in [-0.05, 0) is 29.2 Å². The number of amides is 1. The van der Waals surface area contributed by atoms with Crippen molar-refractivity contribution in [2.24, 2.45) is 5.73 Å². The summed E-state index contributed by atoms with van der Waals surface area (Å²) in [6, 6.07) is 15.5. The number of carbonyl (C=O) groups excluding carboxylic acids is 1. The van der Waals surface area contributed by atoms with Gasteiger partial charge in [0.25, 0.3) is 0 Å². The quantitative estimate of drug-likeness (QED) is 0.923. The zero-order valence-corrected chi connectivity index (χ0v) is 13.8. The van der Waals surface area contributed by atoms with Crippen molar-refractivity contribution in [3.63, 3.8) is 0 Å². The average Bonchev–Trinajstić information content (AvgIpc) is 2.59. The Morgan fingerprint density at radius 3 is 2.46 bits per heavy atom. The first kappa shape index (κ1) is 16.4. The first-order valence-corrected chi connectivity index (χ1v) is 9.11. The number of benzene rings is 2. The second kappa shape index (κ2) is 6.59. The van der Waals surface area contributed by atoms with Crippen LogP contribution >= 0.6 is 0 Å². The molecular weight excluding hydrogens is 324 g/mol. The molecule has 1 aliphatic rings. The van der Waals surface area contributed by atoms with Crippen LogP contribution < -0.4 is 5.73 Å². The summed E-state index contributed by atoms with van der Waals surface area (Å²) in [5, 5.41) is 1.13. The van der Waals surface area contributed by atoms with Crippen molar-refractivity contribution in [1.29, 1.82) is 0 Å². The Morgan fingerprint density at radius 2 is 1.75 bits per heavy atom. The number of nitrogens with zero attached hydrogens (tertiary/aromatic N) is 1. The lowest BCUT2D eigenvalue weighted by Gasteiger charge is -2.33. The van der Waals surface area contributed by atoms with E-state index in [2.05, 4.69) is 0 Å². The largest absolute Gasteiger partial charge is 0.368 e. The Labute approximate surface area is 141 Å². The van der Waals surface area contributed by atoms with Crippen LogP contribution in [0.25, 0.3) is 6.08 Å². The summed E-state index contributed by atoms with van der Waals surface area (Å²) in [6.45, 7) is 0.228. The molecule has 0 saturated carbocycles. The van der Waals surface area contributed by atoms with E-state index in [0.29, 0.717) is 12.0 Å². The SMILES string of the molecule is NC(=O)C1c2ccccc2CCN1S(=O)(=O)C=Cc1ccccc1. The molecule has 0 spiro atoms. The van der Waals surface area contributed by atoms with Crippen molar-refractivity contribution in [3.05, 3.63) is 76.7 Å². The number of sulfonamides is 1. The Balaban J connectivity index is 1.95. The van der Waals surface area contributed by atoms with Gasteiger partial charge < -0.3 is 5.73 Å². The maximum atomic E-state index is 12.7. The summed E-state index contributed by atoms with van der Waals surface area (Å²) in [5.74, 6) is -0.668. The van der Waals surface area contributed by atoms with Gasteiger partial charge in [0.15, 0.2) is 0 Å². The average molecular weight is 342 g/mol. The Bertz CT molecular complexity index is 876. The van der Waals surface area contributed by atoms with Gasteiger partial charge in [0.05, 0.1) is 0 Å². The van der Waals surface area contributed by atoms with Crippen LogP contribution in [-0.4, -0.2) is 25.2 Å². The van der Waals surface area contributed by atoms with E-state index < -0.39 is 22.0 Å². The minimum atomic E-state index is -3.77. The number of carbonyl (C=O) groups is 1. The highest BCUT2D eigenvalue weighted by Crippen LogP contribution is 2.32. The van der Waals surface area contributed by atoms with Crippen LogP contribution in [0.3, 0.4) is 0 Å². The standard InChI is InChI=1S/C18H18N2O3S/c19-18(21)17-16-9-5-4-8-15(16)10-12-20(17)24(22,23)13-11-14-6-2-1-3-7-14/h1-9,11,13,17H,10,12H2,(H2,19,21). The number of hydrogen-bond donors (Lipinski definition) is 1. The summed E-state index contributed by atoms with van der Waals surface area (Å²) in [7, 11) is -3.77. The number of rotatable bonds is 4. The van der Waals surface area contributed by atoms with Crippen LogP contribution in [-0.2, 0) is 21.2 Å². The molecule has 124 valence electrons. The van der Waals surface area contributed by atoms with Gasteiger partial charge in [0, 0.05) is 12.0 Å². The minimum Gasteiger partial charge on any atom is -0.368 e. The molecule has 1 aliphatic heterocycles. The molecule has 24 heavy (non-hydrogen) atoms. The summed E-state index contributed by atoms with van der Waals surface area (Å²) in [5.41, 5.74) is 7.90. The molecule has 2 aromatic carbocycles. The fourth-order valence-corrected chi connectivity index (χ4v) is 4.26. The van der Waals surface area contributed by atoms with Crippen LogP contribution in [0.4, 0.5) is 0 Å². The highest BCUT2D eigenvalue weighted by Gasteiger charge is 2.37. The maximum Gasteiger partial charge on any atom is 0.240 e. The topological polar surface area (TPSA) is 80.5 Å². The predicted molar refractivity (Wildman–Crippen MR) is 93.2 cm³/mol. The van der Waals surface area contributed by atoms with Gasteiger partial charge in [0.1, 0.15) is 6.04 Å². The molecule has 1 heterocycles. The van der Waals surface area contributed by atoms with Gasteiger partial charge in [-0.15, -0.1) is 0 Å².